The van der Waals surface area contributed by atoms with Gasteiger partial charge in [0.05, 0.1) is 11.5 Å². The molecule has 0 saturated carbocycles. The van der Waals surface area contributed by atoms with Gasteiger partial charge in [0.15, 0.2) is 0 Å². The van der Waals surface area contributed by atoms with E-state index in [0.717, 1.165) is 31.5 Å². The number of ether oxygens (including phenoxy) is 1. The lowest BCUT2D eigenvalue weighted by molar-refractivity contribution is 0.0577. The van der Waals surface area contributed by atoms with Crippen molar-refractivity contribution >= 4 is 26.0 Å². The fourth-order valence-electron chi connectivity index (χ4n) is 2.79. The molecule has 0 unspecified atom stereocenters. The van der Waals surface area contributed by atoms with Crippen molar-refractivity contribution in [2.75, 3.05) is 33.4 Å². The van der Waals surface area contributed by atoms with Crippen LogP contribution in [0.3, 0.4) is 0 Å². The molecule has 7 heteroatoms. The highest BCUT2D eigenvalue weighted by Crippen LogP contribution is 2.29. The zero-order valence-electron chi connectivity index (χ0n) is 13.0. The monoisotopic (exact) mass is 390 g/mol. The van der Waals surface area contributed by atoms with E-state index in [-0.39, 0.29) is 10.3 Å². The third-order valence-electron chi connectivity index (χ3n) is 4.13. The summed E-state index contributed by atoms with van der Waals surface area (Å²) in [5.41, 5.74) is 0.879. The molecule has 1 aliphatic rings. The van der Waals surface area contributed by atoms with Crippen molar-refractivity contribution in [3.05, 3.63) is 28.2 Å². The smallest absolute Gasteiger partial charge is 0.241 e. The van der Waals surface area contributed by atoms with Gasteiger partial charge in [-0.25, -0.2) is 13.1 Å². The zero-order chi connectivity index (χ0) is 16.2. The van der Waals surface area contributed by atoms with Crippen LogP contribution < -0.4 is 10.0 Å². The van der Waals surface area contributed by atoms with Gasteiger partial charge in [0.1, 0.15) is 0 Å². The van der Waals surface area contributed by atoms with Crippen molar-refractivity contribution in [1.29, 1.82) is 0 Å². The van der Waals surface area contributed by atoms with Crippen LogP contribution in [0.5, 0.6) is 0 Å². The lowest BCUT2D eigenvalue weighted by Gasteiger charge is -2.37. The van der Waals surface area contributed by atoms with E-state index in [1.54, 1.807) is 19.2 Å². The van der Waals surface area contributed by atoms with Gasteiger partial charge in [-0.05, 0) is 66.5 Å². The molecule has 1 saturated heterocycles. The standard InChI is InChI=1S/C15H23BrN2O3S/c1-12-3-4-14(13(16)9-12)22(19,20)18-10-15(11-21-2)5-7-17-8-6-15/h3-4,9,17-18H,5-8,10-11H2,1-2H3. The van der Waals surface area contributed by atoms with Crippen molar-refractivity contribution in [2.45, 2.75) is 24.7 Å². The number of hydrogen-bond acceptors (Lipinski definition) is 4. The molecule has 0 aliphatic carbocycles. The van der Waals surface area contributed by atoms with Gasteiger partial charge in [-0.2, -0.15) is 0 Å². The second-order valence-corrected chi connectivity index (χ2v) is 8.53. The second-order valence-electron chi connectivity index (χ2n) is 5.94. The van der Waals surface area contributed by atoms with E-state index in [2.05, 4.69) is 26.0 Å². The first-order valence-electron chi connectivity index (χ1n) is 7.34. The summed E-state index contributed by atoms with van der Waals surface area (Å²) in [6, 6.07) is 5.24. The Morgan fingerprint density at radius 3 is 2.64 bits per heavy atom. The third-order valence-corrected chi connectivity index (χ3v) is 6.51. The molecule has 2 N–H and O–H groups in total. The predicted molar refractivity (Wildman–Crippen MR) is 90.5 cm³/mol. The first-order chi connectivity index (χ1) is 10.4. The Balaban J connectivity index is 2.14. The predicted octanol–water partition coefficient (Wildman–Crippen LogP) is 2.05. The fraction of sp³-hybridized carbons (Fsp3) is 0.600. The summed E-state index contributed by atoms with van der Waals surface area (Å²) in [7, 11) is -1.87. The zero-order valence-corrected chi connectivity index (χ0v) is 15.4. The summed E-state index contributed by atoms with van der Waals surface area (Å²) < 4.78 is 33.8. The van der Waals surface area contributed by atoms with Gasteiger partial charge in [-0.1, -0.05) is 6.07 Å². The highest BCUT2D eigenvalue weighted by atomic mass is 79.9. The van der Waals surface area contributed by atoms with E-state index < -0.39 is 10.0 Å². The molecule has 1 fully saturated rings. The molecule has 2 rings (SSSR count). The van der Waals surface area contributed by atoms with Gasteiger partial charge in [0, 0.05) is 23.5 Å². The average molecular weight is 391 g/mol. The van der Waals surface area contributed by atoms with E-state index >= 15 is 0 Å². The van der Waals surface area contributed by atoms with Crippen molar-refractivity contribution < 1.29 is 13.2 Å². The van der Waals surface area contributed by atoms with Crippen LogP contribution in [-0.2, 0) is 14.8 Å². The number of piperidine rings is 1. The van der Waals surface area contributed by atoms with Crippen molar-refractivity contribution in [2.24, 2.45) is 5.41 Å². The molecule has 0 aromatic heterocycles. The second kappa shape index (κ2) is 7.40. The summed E-state index contributed by atoms with van der Waals surface area (Å²) in [5.74, 6) is 0. The van der Waals surface area contributed by atoms with Gasteiger partial charge in [0.2, 0.25) is 10.0 Å². The fourth-order valence-corrected chi connectivity index (χ4v) is 5.13. The number of methoxy groups -OCH3 is 1. The van der Waals surface area contributed by atoms with Crippen LogP contribution in [0.2, 0.25) is 0 Å². The molecular weight excluding hydrogens is 368 g/mol. The SMILES string of the molecule is COCC1(CNS(=O)(=O)c2ccc(C)cc2Br)CCNCC1. The maximum atomic E-state index is 12.6. The Morgan fingerprint density at radius 1 is 1.36 bits per heavy atom. The minimum atomic E-state index is -3.54. The quantitative estimate of drug-likeness (QED) is 0.779. The van der Waals surface area contributed by atoms with E-state index in [4.69, 9.17) is 4.74 Å². The minimum Gasteiger partial charge on any atom is -0.384 e. The molecule has 1 aromatic rings. The molecule has 1 heterocycles. The van der Waals surface area contributed by atoms with Gasteiger partial charge in [-0.3, -0.25) is 0 Å². The van der Waals surface area contributed by atoms with Gasteiger partial charge < -0.3 is 10.1 Å². The lowest BCUT2D eigenvalue weighted by atomic mass is 9.80. The molecule has 1 aromatic carbocycles. The van der Waals surface area contributed by atoms with Crippen LogP contribution >= 0.6 is 15.9 Å². The Morgan fingerprint density at radius 2 is 2.05 bits per heavy atom. The Kier molecular flexibility index (Phi) is 6.01. The van der Waals surface area contributed by atoms with Crippen molar-refractivity contribution in [1.82, 2.24) is 10.0 Å². The normalized spacial score (nSPS) is 18.3. The highest BCUT2D eigenvalue weighted by molar-refractivity contribution is 9.10. The summed E-state index contributed by atoms with van der Waals surface area (Å²) in [5, 5.41) is 3.30. The van der Waals surface area contributed by atoms with Crippen LogP contribution in [0.4, 0.5) is 0 Å². The molecule has 0 bridgehead atoms. The number of halogens is 1. The third kappa shape index (κ3) is 4.29. The Labute approximate surface area is 141 Å². The van der Waals surface area contributed by atoms with E-state index in [0.29, 0.717) is 17.6 Å². The van der Waals surface area contributed by atoms with Crippen LogP contribution in [-0.4, -0.2) is 41.8 Å². The van der Waals surface area contributed by atoms with Crippen molar-refractivity contribution in [3.63, 3.8) is 0 Å². The summed E-state index contributed by atoms with van der Waals surface area (Å²) >= 11 is 3.34. The minimum absolute atomic E-state index is 0.135. The Hall–Kier alpha value is -0.470. The summed E-state index contributed by atoms with van der Waals surface area (Å²) in [4.78, 5) is 0.277. The number of nitrogens with one attached hydrogen (secondary N) is 2. The molecule has 22 heavy (non-hydrogen) atoms. The average Bonchev–Trinajstić information content (AvgIpc) is 2.46. The Bertz CT molecular complexity index is 608. The van der Waals surface area contributed by atoms with Crippen LogP contribution in [0.25, 0.3) is 0 Å². The van der Waals surface area contributed by atoms with Crippen molar-refractivity contribution in [3.8, 4) is 0 Å². The van der Waals surface area contributed by atoms with E-state index in [1.807, 2.05) is 13.0 Å². The number of benzene rings is 1. The van der Waals surface area contributed by atoms with Crippen LogP contribution in [0, 0.1) is 12.3 Å². The number of aryl methyl sites for hydroxylation is 1. The number of sulfonamides is 1. The maximum Gasteiger partial charge on any atom is 0.241 e. The molecule has 124 valence electrons. The summed E-state index contributed by atoms with van der Waals surface area (Å²) in [6.45, 7) is 4.66. The van der Waals surface area contributed by atoms with Gasteiger partial charge >= 0.3 is 0 Å². The lowest BCUT2D eigenvalue weighted by Crippen LogP contribution is -2.47. The maximum absolute atomic E-state index is 12.6. The topological polar surface area (TPSA) is 67.4 Å². The molecular formula is C15H23BrN2O3S. The first-order valence-corrected chi connectivity index (χ1v) is 9.62. The van der Waals surface area contributed by atoms with Gasteiger partial charge in [-0.15, -0.1) is 0 Å². The molecule has 1 aliphatic heterocycles. The number of hydrogen-bond donors (Lipinski definition) is 2. The van der Waals surface area contributed by atoms with Gasteiger partial charge in [0.25, 0.3) is 0 Å². The molecule has 5 nitrogen and oxygen atoms in total. The summed E-state index contributed by atoms with van der Waals surface area (Å²) in [6.07, 6.45) is 1.80. The molecule has 0 spiro atoms. The largest absolute Gasteiger partial charge is 0.384 e. The number of rotatable bonds is 6. The molecule has 0 amide bonds. The van der Waals surface area contributed by atoms with Crippen LogP contribution in [0.1, 0.15) is 18.4 Å². The molecule has 0 radical (unpaired) electrons. The highest BCUT2D eigenvalue weighted by Gasteiger charge is 2.33. The van der Waals surface area contributed by atoms with E-state index in [9.17, 15) is 8.42 Å². The first kappa shape index (κ1) is 17.9. The molecule has 0 atom stereocenters. The van der Waals surface area contributed by atoms with Crippen LogP contribution in [0.15, 0.2) is 27.6 Å². The van der Waals surface area contributed by atoms with E-state index in [1.165, 1.54) is 0 Å².